The van der Waals surface area contributed by atoms with Crippen molar-refractivity contribution >= 4 is 15.9 Å². The predicted octanol–water partition coefficient (Wildman–Crippen LogP) is 0.240. The number of nitrogens with one attached hydrogen (secondary N) is 1. The SMILES string of the molecule is NS(=O)(=O)c1ccc(CNC(=O)c2ccc(-n3cnnc3)nc2)cc1. The van der Waals surface area contributed by atoms with Gasteiger partial charge in [-0.3, -0.25) is 9.36 Å². The van der Waals surface area contributed by atoms with Crippen LogP contribution >= 0.6 is 0 Å². The predicted molar refractivity (Wildman–Crippen MR) is 88.1 cm³/mol. The number of hydrogen-bond donors (Lipinski definition) is 2. The summed E-state index contributed by atoms with van der Waals surface area (Å²) < 4.78 is 24.0. The van der Waals surface area contributed by atoms with E-state index < -0.39 is 10.0 Å². The molecular weight excluding hydrogens is 344 g/mol. The normalized spacial score (nSPS) is 11.2. The minimum Gasteiger partial charge on any atom is -0.348 e. The van der Waals surface area contributed by atoms with Crippen LogP contribution in [-0.2, 0) is 16.6 Å². The number of pyridine rings is 1. The number of amides is 1. The molecule has 0 aliphatic carbocycles. The number of sulfonamides is 1. The molecule has 1 amide bonds. The zero-order valence-corrected chi connectivity index (χ0v) is 13.7. The summed E-state index contributed by atoms with van der Waals surface area (Å²) in [6.45, 7) is 0.247. The lowest BCUT2D eigenvalue weighted by molar-refractivity contribution is 0.0950. The number of nitrogens with two attached hydrogens (primary N) is 1. The van der Waals surface area contributed by atoms with Crippen LogP contribution in [0.5, 0.6) is 0 Å². The van der Waals surface area contributed by atoms with E-state index in [0.717, 1.165) is 5.56 Å². The molecule has 0 radical (unpaired) electrons. The molecule has 3 aromatic rings. The number of nitrogens with zero attached hydrogens (tertiary/aromatic N) is 4. The highest BCUT2D eigenvalue weighted by atomic mass is 32.2. The summed E-state index contributed by atoms with van der Waals surface area (Å²) in [7, 11) is -3.72. The molecule has 0 spiro atoms. The Morgan fingerprint density at radius 1 is 1.08 bits per heavy atom. The van der Waals surface area contributed by atoms with Crippen LogP contribution in [0.2, 0.25) is 0 Å². The summed E-state index contributed by atoms with van der Waals surface area (Å²) >= 11 is 0. The fourth-order valence-electron chi connectivity index (χ4n) is 2.07. The average Bonchev–Trinajstić information content (AvgIpc) is 3.14. The van der Waals surface area contributed by atoms with Crippen molar-refractivity contribution in [1.29, 1.82) is 0 Å². The maximum absolute atomic E-state index is 12.1. The van der Waals surface area contributed by atoms with Crippen molar-refractivity contribution in [2.75, 3.05) is 0 Å². The number of benzene rings is 1. The Morgan fingerprint density at radius 3 is 2.32 bits per heavy atom. The molecular formula is C15H14N6O3S. The third-order valence-corrected chi connectivity index (χ3v) is 4.33. The summed E-state index contributed by atoms with van der Waals surface area (Å²) in [5.41, 5.74) is 1.15. The molecule has 1 aromatic carbocycles. The smallest absolute Gasteiger partial charge is 0.253 e. The molecule has 25 heavy (non-hydrogen) atoms. The van der Waals surface area contributed by atoms with E-state index in [1.807, 2.05) is 0 Å². The third-order valence-electron chi connectivity index (χ3n) is 3.40. The summed E-state index contributed by atoms with van der Waals surface area (Å²) in [5.74, 6) is 0.304. The molecule has 0 aliphatic rings. The van der Waals surface area contributed by atoms with Crippen LogP contribution in [0.1, 0.15) is 15.9 Å². The van der Waals surface area contributed by atoms with Crippen LogP contribution < -0.4 is 10.5 Å². The van der Waals surface area contributed by atoms with Gasteiger partial charge in [-0.1, -0.05) is 12.1 Å². The number of hydrogen-bond acceptors (Lipinski definition) is 6. The van der Waals surface area contributed by atoms with Crippen LogP contribution in [0.15, 0.2) is 60.1 Å². The van der Waals surface area contributed by atoms with Crippen molar-refractivity contribution < 1.29 is 13.2 Å². The van der Waals surface area contributed by atoms with Crippen LogP contribution in [0.4, 0.5) is 0 Å². The van der Waals surface area contributed by atoms with E-state index in [-0.39, 0.29) is 17.3 Å². The van der Waals surface area contributed by atoms with Gasteiger partial charge in [-0.05, 0) is 29.8 Å². The van der Waals surface area contributed by atoms with E-state index in [0.29, 0.717) is 11.4 Å². The van der Waals surface area contributed by atoms with Gasteiger partial charge in [-0.2, -0.15) is 0 Å². The van der Waals surface area contributed by atoms with Crippen molar-refractivity contribution in [2.45, 2.75) is 11.4 Å². The Bertz CT molecular complexity index is 967. The first-order valence-electron chi connectivity index (χ1n) is 7.14. The van der Waals surface area contributed by atoms with E-state index in [9.17, 15) is 13.2 Å². The first-order chi connectivity index (χ1) is 11.9. The number of carbonyl (C=O) groups excluding carboxylic acids is 1. The number of rotatable bonds is 5. The van der Waals surface area contributed by atoms with E-state index in [2.05, 4.69) is 20.5 Å². The monoisotopic (exact) mass is 358 g/mol. The number of primary sulfonamides is 1. The molecule has 0 aliphatic heterocycles. The summed E-state index contributed by atoms with van der Waals surface area (Å²) in [6.07, 6.45) is 4.47. The molecule has 0 bridgehead atoms. The van der Waals surface area contributed by atoms with Crippen molar-refractivity contribution in [3.8, 4) is 5.82 Å². The molecule has 2 aromatic heterocycles. The van der Waals surface area contributed by atoms with Crippen molar-refractivity contribution in [3.05, 3.63) is 66.4 Å². The maximum Gasteiger partial charge on any atom is 0.253 e. The summed E-state index contributed by atoms with van der Waals surface area (Å²) in [4.78, 5) is 16.3. The van der Waals surface area contributed by atoms with Gasteiger partial charge in [-0.25, -0.2) is 18.5 Å². The largest absolute Gasteiger partial charge is 0.348 e. The fourth-order valence-corrected chi connectivity index (χ4v) is 2.59. The molecule has 0 saturated carbocycles. The number of aromatic nitrogens is 4. The molecule has 3 N–H and O–H groups in total. The van der Waals surface area contributed by atoms with Crippen LogP contribution in [0.25, 0.3) is 5.82 Å². The minimum absolute atomic E-state index is 0.0244. The fraction of sp³-hybridized carbons (Fsp3) is 0.0667. The van der Waals surface area contributed by atoms with E-state index in [4.69, 9.17) is 5.14 Å². The second-order valence-corrected chi connectivity index (χ2v) is 6.71. The third kappa shape index (κ3) is 4.05. The Hall–Kier alpha value is -3.11. The highest BCUT2D eigenvalue weighted by Crippen LogP contribution is 2.09. The van der Waals surface area contributed by atoms with Gasteiger partial charge in [0.25, 0.3) is 5.91 Å². The van der Waals surface area contributed by atoms with Crippen LogP contribution in [-0.4, -0.2) is 34.1 Å². The zero-order valence-electron chi connectivity index (χ0n) is 12.9. The van der Waals surface area contributed by atoms with Crippen LogP contribution in [0.3, 0.4) is 0 Å². The first kappa shape index (κ1) is 16.7. The molecule has 0 fully saturated rings. The Balaban J connectivity index is 1.62. The minimum atomic E-state index is -3.72. The second-order valence-electron chi connectivity index (χ2n) is 5.15. The molecule has 0 unspecified atom stereocenters. The second kappa shape index (κ2) is 6.79. The van der Waals surface area contributed by atoms with Crippen LogP contribution in [0, 0.1) is 0 Å². The van der Waals surface area contributed by atoms with Gasteiger partial charge in [0, 0.05) is 12.7 Å². The van der Waals surface area contributed by atoms with Gasteiger partial charge in [0.15, 0.2) is 0 Å². The highest BCUT2D eigenvalue weighted by Gasteiger charge is 2.09. The molecule has 2 heterocycles. The molecule has 128 valence electrons. The maximum atomic E-state index is 12.1. The molecule has 3 rings (SSSR count). The van der Waals surface area contributed by atoms with Gasteiger partial charge in [0.1, 0.15) is 18.5 Å². The van der Waals surface area contributed by atoms with E-state index in [1.54, 1.807) is 28.8 Å². The van der Waals surface area contributed by atoms with Crippen molar-refractivity contribution in [2.24, 2.45) is 5.14 Å². The quantitative estimate of drug-likeness (QED) is 0.671. The van der Waals surface area contributed by atoms with E-state index in [1.165, 1.54) is 31.0 Å². The number of carbonyl (C=O) groups is 1. The lowest BCUT2D eigenvalue weighted by Crippen LogP contribution is -2.23. The highest BCUT2D eigenvalue weighted by molar-refractivity contribution is 7.89. The van der Waals surface area contributed by atoms with Gasteiger partial charge in [-0.15, -0.1) is 10.2 Å². The van der Waals surface area contributed by atoms with Gasteiger partial charge >= 0.3 is 0 Å². The lowest BCUT2D eigenvalue weighted by Gasteiger charge is -2.07. The molecule has 10 heteroatoms. The molecule has 0 saturated heterocycles. The van der Waals surface area contributed by atoms with Crippen molar-refractivity contribution in [1.82, 2.24) is 25.1 Å². The van der Waals surface area contributed by atoms with E-state index >= 15 is 0 Å². The standard InChI is InChI=1S/C15H14N6O3S/c16-25(23,24)13-4-1-11(2-5-13)7-18-15(22)12-3-6-14(17-8-12)21-9-19-20-10-21/h1-6,8-10H,7H2,(H,18,22)(H2,16,23,24). The molecule has 9 nitrogen and oxygen atoms in total. The van der Waals surface area contributed by atoms with Gasteiger partial charge in [0.2, 0.25) is 10.0 Å². The average molecular weight is 358 g/mol. The Labute approximate surface area is 143 Å². The lowest BCUT2D eigenvalue weighted by atomic mass is 10.2. The zero-order chi connectivity index (χ0) is 17.9. The molecule has 0 atom stereocenters. The Morgan fingerprint density at radius 2 is 1.76 bits per heavy atom. The summed E-state index contributed by atoms with van der Waals surface area (Å²) in [6, 6.07) is 9.29. The van der Waals surface area contributed by atoms with Gasteiger partial charge in [0.05, 0.1) is 10.5 Å². The first-order valence-corrected chi connectivity index (χ1v) is 8.69. The van der Waals surface area contributed by atoms with Crippen molar-refractivity contribution in [3.63, 3.8) is 0 Å². The van der Waals surface area contributed by atoms with Gasteiger partial charge < -0.3 is 5.32 Å². The Kier molecular flexibility index (Phi) is 4.55. The topological polar surface area (TPSA) is 133 Å². The summed E-state index contributed by atoms with van der Waals surface area (Å²) in [5, 5.41) is 15.2.